The fourth-order valence-electron chi connectivity index (χ4n) is 0.195. The first-order valence-corrected chi connectivity index (χ1v) is 4.47. The summed E-state index contributed by atoms with van der Waals surface area (Å²) in [6.45, 7) is -0.109. The minimum atomic E-state index is -3.49. The molecule has 0 aromatic carbocycles. The van der Waals surface area contributed by atoms with Crippen LogP contribution in [0.3, 0.4) is 0 Å². The minimum absolute atomic E-state index is 0.109. The maximum absolute atomic E-state index is 10.1. The van der Waals surface area contributed by atoms with E-state index in [1.54, 1.807) is 0 Å². The van der Waals surface area contributed by atoms with E-state index in [0.29, 0.717) is 0 Å². The SMILES string of the molecule is [N-]=[N+]=NCCS(=O)(=O)Cl. The fourth-order valence-corrected chi connectivity index (χ4v) is 0.701. The van der Waals surface area contributed by atoms with Crippen molar-refractivity contribution in [1.82, 2.24) is 0 Å². The molecule has 0 atom stereocenters. The molecule has 0 radical (unpaired) electrons. The predicted molar refractivity (Wildman–Crippen MR) is 33.7 cm³/mol. The molecule has 52 valence electrons. The molecule has 9 heavy (non-hydrogen) atoms. The fraction of sp³-hybridized carbons (Fsp3) is 1.00. The third-order valence-electron chi connectivity index (χ3n) is 0.498. The lowest BCUT2D eigenvalue weighted by molar-refractivity contribution is 0.609. The van der Waals surface area contributed by atoms with Crippen LogP contribution in [-0.4, -0.2) is 20.7 Å². The summed E-state index contributed by atoms with van der Waals surface area (Å²) in [6.07, 6.45) is 0. The Bertz CT molecular complexity index is 216. The molecule has 0 aromatic rings. The van der Waals surface area contributed by atoms with Crippen LogP contribution in [-0.2, 0) is 9.05 Å². The van der Waals surface area contributed by atoms with Crippen LogP contribution in [0.15, 0.2) is 5.11 Å². The van der Waals surface area contributed by atoms with Gasteiger partial charge in [-0.1, -0.05) is 5.11 Å². The Kier molecular flexibility index (Phi) is 3.37. The Hall–Kier alpha value is -0.450. The summed E-state index contributed by atoms with van der Waals surface area (Å²) < 4.78 is 20.2. The molecule has 5 nitrogen and oxygen atoms in total. The molecule has 0 aliphatic carbocycles. The average molecular weight is 170 g/mol. The van der Waals surface area contributed by atoms with E-state index in [-0.39, 0.29) is 12.3 Å². The van der Waals surface area contributed by atoms with Gasteiger partial charge in [-0.3, -0.25) is 0 Å². The molecule has 0 spiro atoms. The topological polar surface area (TPSA) is 82.9 Å². The van der Waals surface area contributed by atoms with Crippen molar-refractivity contribution in [3.05, 3.63) is 10.4 Å². The highest BCUT2D eigenvalue weighted by molar-refractivity contribution is 8.13. The molecule has 0 unspecified atom stereocenters. The summed E-state index contributed by atoms with van der Waals surface area (Å²) in [4.78, 5) is 2.34. The number of nitrogens with zero attached hydrogens (tertiary/aromatic N) is 3. The molecule has 0 bridgehead atoms. The molecule has 0 rings (SSSR count). The zero-order valence-electron chi connectivity index (χ0n) is 4.36. The van der Waals surface area contributed by atoms with Crippen molar-refractivity contribution >= 4 is 19.7 Å². The van der Waals surface area contributed by atoms with Gasteiger partial charge < -0.3 is 0 Å². The Morgan fingerprint density at radius 3 is 2.56 bits per heavy atom. The molecule has 0 N–H and O–H groups in total. The van der Waals surface area contributed by atoms with Crippen molar-refractivity contribution in [1.29, 1.82) is 0 Å². The second-order valence-electron chi connectivity index (χ2n) is 1.20. The third kappa shape index (κ3) is 7.55. The van der Waals surface area contributed by atoms with Crippen molar-refractivity contribution in [3.8, 4) is 0 Å². The molecule has 0 amide bonds. The van der Waals surface area contributed by atoms with Crippen LogP contribution in [0.25, 0.3) is 10.4 Å². The van der Waals surface area contributed by atoms with E-state index in [2.05, 4.69) is 10.0 Å². The molecule has 0 aromatic heterocycles. The summed E-state index contributed by atoms with van der Waals surface area (Å²) >= 11 is 0. The number of hydrogen-bond acceptors (Lipinski definition) is 3. The number of halogens is 1. The summed E-state index contributed by atoms with van der Waals surface area (Å²) in [5, 5.41) is 2.97. The molecule has 0 fully saturated rings. The van der Waals surface area contributed by atoms with Gasteiger partial charge in [-0.25, -0.2) is 8.42 Å². The van der Waals surface area contributed by atoms with E-state index in [1.165, 1.54) is 0 Å². The van der Waals surface area contributed by atoms with Crippen molar-refractivity contribution in [3.63, 3.8) is 0 Å². The van der Waals surface area contributed by atoms with E-state index < -0.39 is 9.05 Å². The van der Waals surface area contributed by atoms with E-state index in [0.717, 1.165) is 0 Å². The first kappa shape index (κ1) is 8.55. The van der Waals surface area contributed by atoms with E-state index in [4.69, 9.17) is 16.2 Å². The van der Waals surface area contributed by atoms with Gasteiger partial charge in [0.1, 0.15) is 0 Å². The van der Waals surface area contributed by atoms with Crippen molar-refractivity contribution in [2.75, 3.05) is 12.3 Å². The summed E-state index contributed by atoms with van der Waals surface area (Å²) in [5.41, 5.74) is 7.68. The van der Waals surface area contributed by atoms with Gasteiger partial charge in [-0.05, 0) is 5.53 Å². The van der Waals surface area contributed by atoms with Gasteiger partial charge in [0.15, 0.2) is 0 Å². The van der Waals surface area contributed by atoms with E-state index >= 15 is 0 Å². The van der Waals surface area contributed by atoms with Crippen molar-refractivity contribution < 1.29 is 8.42 Å². The van der Waals surface area contributed by atoms with Gasteiger partial charge in [-0.2, -0.15) is 0 Å². The third-order valence-corrected chi connectivity index (χ3v) is 1.63. The van der Waals surface area contributed by atoms with Crippen LogP contribution in [0.4, 0.5) is 0 Å². The van der Waals surface area contributed by atoms with E-state index in [1.807, 2.05) is 0 Å². The van der Waals surface area contributed by atoms with Gasteiger partial charge in [0.2, 0.25) is 9.05 Å². The van der Waals surface area contributed by atoms with Crippen LogP contribution >= 0.6 is 10.7 Å². The van der Waals surface area contributed by atoms with Gasteiger partial charge >= 0.3 is 0 Å². The zero-order chi connectivity index (χ0) is 7.33. The monoisotopic (exact) mass is 169 g/mol. The highest BCUT2D eigenvalue weighted by Gasteiger charge is 2.01. The molecular weight excluding hydrogens is 166 g/mol. The highest BCUT2D eigenvalue weighted by atomic mass is 35.7. The van der Waals surface area contributed by atoms with Gasteiger partial charge in [0.05, 0.1) is 5.75 Å². The van der Waals surface area contributed by atoms with Crippen LogP contribution < -0.4 is 0 Å². The molecule has 0 saturated carbocycles. The summed E-state index contributed by atoms with van der Waals surface area (Å²) in [5.74, 6) is -0.307. The average Bonchev–Trinajstić information content (AvgIpc) is 1.63. The number of rotatable bonds is 3. The number of azide groups is 1. The van der Waals surface area contributed by atoms with Gasteiger partial charge in [0.25, 0.3) is 0 Å². The Morgan fingerprint density at radius 1 is 1.67 bits per heavy atom. The molecule has 0 saturated heterocycles. The quantitative estimate of drug-likeness (QED) is 0.272. The first-order valence-electron chi connectivity index (χ1n) is 1.99. The molecule has 7 heteroatoms. The lowest BCUT2D eigenvalue weighted by Crippen LogP contribution is -1.99. The maximum Gasteiger partial charge on any atom is 0.232 e. The molecule has 0 aliphatic heterocycles. The van der Waals surface area contributed by atoms with Crippen LogP contribution in [0.5, 0.6) is 0 Å². The van der Waals surface area contributed by atoms with E-state index in [9.17, 15) is 8.42 Å². The van der Waals surface area contributed by atoms with Crippen molar-refractivity contribution in [2.45, 2.75) is 0 Å². The Labute approximate surface area is 56.7 Å². The maximum atomic E-state index is 10.1. The highest BCUT2D eigenvalue weighted by Crippen LogP contribution is 1.94. The lowest BCUT2D eigenvalue weighted by atomic mass is 10.8. The smallest absolute Gasteiger partial charge is 0.212 e. The second-order valence-corrected chi connectivity index (χ2v) is 4.09. The minimum Gasteiger partial charge on any atom is -0.212 e. The Balaban J connectivity index is 3.66. The summed E-state index contributed by atoms with van der Waals surface area (Å²) in [7, 11) is 1.27. The van der Waals surface area contributed by atoms with Crippen LogP contribution in [0.2, 0.25) is 0 Å². The second kappa shape index (κ2) is 3.55. The lowest BCUT2D eigenvalue weighted by Gasteiger charge is -1.84. The van der Waals surface area contributed by atoms with Crippen LogP contribution in [0, 0.1) is 0 Å². The zero-order valence-corrected chi connectivity index (χ0v) is 5.93. The molecule has 0 heterocycles. The standard InChI is InChI=1S/C2H4ClN3O2S/c3-9(7,8)2-1-5-6-4/h1-2H2. The first-order chi connectivity index (χ1) is 4.06. The van der Waals surface area contributed by atoms with Gasteiger partial charge in [0, 0.05) is 22.1 Å². The number of hydrogen-bond donors (Lipinski definition) is 0. The van der Waals surface area contributed by atoms with Gasteiger partial charge in [-0.15, -0.1) is 0 Å². The molecule has 0 aliphatic rings. The normalized spacial score (nSPS) is 10.3. The van der Waals surface area contributed by atoms with Crippen molar-refractivity contribution in [2.24, 2.45) is 5.11 Å². The van der Waals surface area contributed by atoms with Crippen LogP contribution in [0.1, 0.15) is 0 Å². The molecular formula is C2H4ClN3O2S. The predicted octanol–water partition coefficient (Wildman–Crippen LogP) is 0.865. The Morgan fingerprint density at radius 2 is 2.22 bits per heavy atom. The summed E-state index contributed by atoms with van der Waals surface area (Å²) in [6, 6.07) is 0. The largest absolute Gasteiger partial charge is 0.232 e.